The first kappa shape index (κ1) is 19.2. The SMILES string of the molecule is Cc1ccc([N+](=O)[O-])cc1NC(=O)COC(=O)COc1ccc(Cl)cc1. The Morgan fingerprint density at radius 2 is 1.85 bits per heavy atom. The van der Waals surface area contributed by atoms with Gasteiger partial charge in [0.25, 0.3) is 11.6 Å². The fourth-order valence-corrected chi connectivity index (χ4v) is 2.03. The number of amides is 1. The highest BCUT2D eigenvalue weighted by atomic mass is 35.5. The molecular weight excluding hydrogens is 364 g/mol. The van der Waals surface area contributed by atoms with Crippen LogP contribution in [0.1, 0.15) is 5.56 Å². The maximum atomic E-state index is 11.8. The Morgan fingerprint density at radius 1 is 1.15 bits per heavy atom. The minimum atomic E-state index is -0.731. The van der Waals surface area contributed by atoms with Gasteiger partial charge in [-0.1, -0.05) is 17.7 Å². The highest BCUT2D eigenvalue weighted by Gasteiger charge is 2.13. The quantitative estimate of drug-likeness (QED) is 0.450. The van der Waals surface area contributed by atoms with E-state index in [0.717, 1.165) is 0 Å². The van der Waals surface area contributed by atoms with E-state index in [1.807, 2.05) is 0 Å². The number of nitro groups is 1. The Morgan fingerprint density at radius 3 is 2.50 bits per heavy atom. The zero-order chi connectivity index (χ0) is 19.1. The molecule has 0 spiro atoms. The molecule has 0 unspecified atom stereocenters. The highest BCUT2D eigenvalue weighted by Crippen LogP contribution is 2.21. The standard InChI is InChI=1S/C17H15ClN2O6/c1-11-2-5-13(20(23)24)8-15(11)19-16(21)9-26-17(22)10-25-14-6-3-12(18)4-7-14/h2-8H,9-10H2,1H3,(H,19,21). The largest absolute Gasteiger partial charge is 0.482 e. The number of carbonyl (C=O) groups excluding carboxylic acids is 2. The molecule has 2 aromatic rings. The molecule has 0 bridgehead atoms. The number of nitrogens with zero attached hydrogens (tertiary/aromatic N) is 1. The lowest BCUT2D eigenvalue weighted by atomic mass is 10.2. The summed E-state index contributed by atoms with van der Waals surface area (Å²) in [6.45, 7) is 0.779. The summed E-state index contributed by atoms with van der Waals surface area (Å²) in [4.78, 5) is 33.7. The lowest BCUT2D eigenvalue weighted by Gasteiger charge is -2.09. The second kappa shape index (κ2) is 8.82. The molecule has 2 aromatic carbocycles. The van der Waals surface area contributed by atoms with Crippen molar-refractivity contribution in [3.8, 4) is 5.75 Å². The minimum Gasteiger partial charge on any atom is -0.482 e. The van der Waals surface area contributed by atoms with Gasteiger partial charge in [-0.15, -0.1) is 0 Å². The summed E-state index contributed by atoms with van der Waals surface area (Å²) in [7, 11) is 0. The van der Waals surface area contributed by atoms with E-state index in [0.29, 0.717) is 16.3 Å². The Bertz CT molecular complexity index is 823. The Labute approximate surface area is 153 Å². The Balaban J connectivity index is 1.81. The molecule has 0 aliphatic carbocycles. The topological polar surface area (TPSA) is 108 Å². The molecule has 136 valence electrons. The molecule has 2 rings (SSSR count). The summed E-state index contributed by atoms with van der Waals surface area (Å²) in [5, 5.41) is 13.8. The highest BCUT2D eigenvalue weighted by molar-refractivity contribution is 6.30. The number of esters is 1. The van der Waals surface area contributed by atoms with Gasteiger partial charge in [-0.25, -0.2) is 4.79 Å². The molecule has 1 N–H and O–H groups in total. The summed E-state index contributed by atoms with van der Waals surface area (Å²) in [5.41, 5.74) is 0.762. The van der Waals surface area contributed by atoms with E-state index in [2.05, 4.69) is 5.32 Å². The molecule has 8 nitrogen and oxygen atoms in total. The van der Waals surface area contributed by atoms with Crippen molar-refractivity contribution in [2.24, 2.45) is 0 Å². The van der Waals surface area contributed by atoms with E-state index in [1.54, 1.807) is 31.2 Å². The van der Waals surface area contributed by atoms with Gasteiger partial charge in [0, 0.05) is 17.2 Å². The lowest BCUT2D eigenvalue weighted by Crippen LogP contribution is -2.24. The number of hydrogen-bond acceptors (Lipinski definition) is 6. The number of hydrogen-bond donors (Lipinski definition) is 1. The summed E-state index contributed by atoms with van der Waals surface area (Å²) >= 11 is 5.73. The molecule has 9 heteroatoms. The molecule has 0 saturated carbocycles. The summed E-state index contributed by atoms with van der Waals surface area (Å²) in [6.07, 6.45) is 0. The van der Waals surface area contributed by atoms with Gasteiger partial charge in [-0.2, -0.15) is 0 Å². The average molecular weight is 379 g/mol. The van der Waals surface area contributed by atoms with Crippen molar-refractivity contribution in [2.75, 3.05) is 18.5 Å². The van der Waals surface area contributed by atoms with Crippen molar-refractivity contribution < 1.29 is 24.0 Å². The fraction of sp³-hybridized carbons (Fsp3) is 0.176. The number of carbonyl (C=O) groups is 2. The molecule has 1 amide bonds. The van der Waals surface area contributed by atoms with Crippen LogP contribution in [0.25, 0.3) is 0 Å². The van der Waals surface area contributed by atoms with Gasteiger partial charge in [0.2, 0.25) is 0 Å². The van der Waals surface area contributed by atoms with Gasteiger partial charge < -0.3 is 14.8 Å². The van der Waals surface area contributed by atoms with E-state index < -0.39 is 23.4 Å². The number of aryl methyl sites for hydroxylation is 1. The number of rotatable bonds is 7. The Hall–Kier alpha value is -3.13. The van der Waals surface area contributed by atoms with Crippen LogP contribution in [0.5, 0.6) is 5.75 Å². The van der Waals surface area contributed by atoms with Crippen LogP contribution in [-0.4, -0.2) is 30.0 Å². The van der Waals surface area contributed by atoms with Gasteiger partial charge in [0.15, 0.2) is 13.2 Å². The van der Waals surface area contributed by atoms with Gasteiger partial charge in [0.05, 0.1) is 10.6 Å². The molecular formula is C17H15ClN2O6. The van der Waals surface area contributed by atoms with E-state index in [4.69, 9.17) is 21.1 Å². The third-order valence-corrected chi connectivity index (χ3v) is 3.49. The monoisotopic (exact) mass is 378 g/mol. The number of nitro benzene ring substituents is 1. The second-order valence-corrected chi connectivity index (χ2v) is 5.64. The first-order chi connectivity index (χ1) is 12.3. The zero-order valence-electron chi connectivity index (χ0n) is 13.7. The van der Waals surface area contributed by atoms with E-state index in [1.165, 1.54) is 18.2 Å². The summed E-state index contributed by atoms with van der Waals surface area (Å²) < 4.78 is 10.00. The minimum absolute atomic E-state index is 0.153. The molecule has 0 saturated heterocycles. The molecule has 0 radical (unpaired) electrons. The van der Waals surface area contributed by atoms with E-state index >= 15 is 0 Å². The number of anilines is 1. The molecule has 0 aromatic heterocycles. The zero-order valence-corrected chi connectivity index (χ0v) is 14.5. The van der Waals surface area contributed by atoms with Crippen molar-refractivity contribution in [1.29, 1.82) is 0 Å². The van der Waals surface area contributed by atoms with Crippen LogP contribution in [0, 0.1) is 17.0 Å². The smallest absolute Gasteiger partial charge is 0.344 e. The van der Waals surface area contributed by atoms with Crippen LogP contribution < -0.4 is 10.1 Å². The maximum Gasteiger partial charge on any atom is 0.344 e. The fourth-order valence-electron chi connectivity index (χ4n) is 1.91. The number of halogens is 1. The van der Waals surface area contributed by atoms with Crippen LogP contribution in [0.15, 0.2) is 42.5 Å². The first-order valence-electron chi connectivity index (χ1n) is 7.44. The molecule has 0 heterocycles. The average Bonchev–Trinajstić information content (AvgIpc) is 2.61. The van der Waals surface area contributed by atoms with E-state index in [-0.39, 0.29) is 18.0 Å². The van der Waals surface area contributed by atoms with Crippen LogP contribution in [0.4, 0.5) is 11.4 Å². The third-order valence-electron chi connectivity index (χ3n) is 3.24. The molecule has 0 aliphatic rings. The van der Waals surface area contributed by atoms with E-state index in [9.17, 15) is 19.7 Å². The molecule has 0 atom stereocenters. The molecule has 26 heavy (non-hydrogen) atoms. The van der Waals surface area contributed by atoms with Crippen molar-refractivity contribution in [3.05, 3.63) is 63.2 Å². The number of benzene rings is 2. The van der Waals surface area contributed by atoms with Crippen molar-refractivity contribution in [3.63, 3.8) is 0 Å². The van der Waals surface area contributed by atoms with Gasteiger partial charge in [0.1, 0.15) is 5.75 Å². The van der Waals surface area contributed by atoms with Crippen LogP contribution in [0.2, 0.25) is 5.02 Å². The number of nitrogens with one attached hydrogen (secondary N) is 1. The van der Waals surface area contributed by atoms with Gasteiger partial charge >= 0.3 is 5.97 Å². The predicted octanol–water partition coefficient (Wildman–Crippen LogP) is 3.12. The van der Waals surface area contributed by atoms with Crippen molar-refractivity contribution in [2.45, 2.75) is 6.92 Å². The van der Waals surface area contributed by atoms with Crippen LogP contribution in [-0.2, 0) is 14.3 Å². The second-order valence-electron chi connectivity index (χ2n) is 5.21. The van der Waals surface area contributed by atoms with Crippen molar-refractivity contribution in [1.82, 2.24) is 0 Å². The lowest BCUT2D eigenvalue weighted by molar-refractivity contribution is -0.384. The number of ether oxygens (including phenoxy) is 2. The predicted molar refractivity (Wildman–Crippen MR) is 94.4 cm³/mol. The maximum absolute atomic E-state index is 11.8. The summed E-state index contributed by atoms with van der Waals surface area (Å²) in [5.74, 6) is -0.915. The first-order valence-corrected chi connectivity index (χ1v) is 7.82. The Kier molecular flexibility index (Phi) is 6.51. The van der Waals surface area contributed by atoms with Gasteiger partial charge in [-0.05, 0) is 36.8 Å². The summed E-state index contributed by atoms with van der Waals surface area (Å²) in [6, 6.07) is 10.5. The van der Waals surface area contributed by atoms with Crippen molar-refractivity contribution >= 4 is 34.9 Å². The molecule has 0 fully saturated rings. The third kappa shape index (κ3) is 5.75. The van der Waals surface area contributed by atoms with Crippen LogP contribution >= 0.6 is 11.6 Å². The number of non-ortho nitro benzene ring substituents is 1. The van der Waals surface area contributed by atoms with Crippen LogP contribution in [0.3, 0.4) is 0 Å². The molecule has 0 aliphatic heterocycles. The van der Waals surface area contributed by atoms with Gasteiger partial charge in [-0.3, -0.25) is 14.9 Å². The normalized spacial score (nSPS) is 10.1.